The van der Waals surface area contributed by atoms with Crippen molar-refractivity contribution in [3.8, 4) is 0 Å². The Kier molecular flexibility index (Phi) is 0.443. The molecule has 0 aromatic carbocycles. The molecule has 7 fully saturated rings. The molecule has 12 heavy (non-hydrogen) atoms. The third-order valence-corrected chi connectivity index (χ3v) is 6.58. The largest absolute Gasteiger partial charge is 0.374 e. The molecule has 62 valence electrons. The van der Waals surface area contributed by atoms with Crippen molar-refractivity contribution < 1.29 is 4.74 Å². The van der Waals surface area contributed by atoms with Gasteiger partial charge in [0, 0.05) is 0 Å². The van der Waals surface area contributed by atoms with E-state index in [9.17, 15) is 0 Å². The average Bonchev–Trinajstić information content (AvgIpc) is 2.51. The zero-order valence-corrected chi connectivity index (χ0v) is 6.89. The molecule has 0 N–H and O–H groups in total. The van der Waals surface area contributed by atoms with Crippen molar-refractivity contribution in [1.29, 1.82) is 0 Å². The lowest BCUT2D eigenvalue weighted by Gasteiger charge is -2.43. The number of ether oxygens (including phenoxy) is 1. The maximum atomic E-state index is 6.17. The van der Waals surface area contributed by atoms with Crippen LogP contribution in [0.5, 0.6) is 0 Å². The molecule has 1 heteroatoms. The number of hydrogen-bond donors (Lipinski definition) is 0. The minimum atomic E-state index is 0.781. The van der Waals surface area contributed by atoms with E-state index in [2.05, 4.69) is 0 Å². The predicted molar refractivity (Wildman–Crippen MR) is 41.2 cm³/mol. The van der Waals surface area contributed by atoms with Crippen LogP contribution in [0.1, 0.15) is 6.42 Å². The first-order valence-electron chi connectivity index (χ1n) is 5.62. The maximum Gasteiger partial charge on any atom is 0.0648 e. The average molecular weight is 160 g/mol. The summed E-state index contributed by atoms with van der Waals surface area (Å²) in [5.74, 6) is 8.98. The highest BCUT2D eigenvalue weighted by molar-refractivity contribution is 5.34. The Bertz CT molecular complexity index is 246. The van der Waals surface area contributed by atoms with Gasteiger partial charge in [-0.2, -0.15) is 0 Å². The third kappa shape index (κ3) is 0.222. The quantitative estimate of drug-likeness (QED) is 0.516. The monoisotopic (exact) mass is 160 g/mol. The van der Waals surface area contributed by atoms with E-state index in [4.69, 9.17) is 4.74 Å². The van der Waals surface area contributed by atoms with E-state index in [1.54, 1.807) is 6.42 Å². The molecule has 7 rings (SSSR count). The highest BCUT2D eigenvalue weighted by Crippen LogP contribution is 2.87. The van der Waals surface area contributed by atoms with E-state index in [0.29, 0.717) is 0 Å². The Hall–Kier alpha value is -0.0400. The predicted octanol–water partition coefficient (Wildman–Crippen LogP) is 1.14. The fourth-order valence-corrected chi connectivity index (χ4v) is 6.91. The Morgan fingerprint density at radius 2 is 1.25 bits per heavy atom. The molecular weight excluding hydrogens is 148 g/mol. The maximum absolute atomic E-state index is 6.17. The smallest absolute Gasteiger partial charge is 0.0648 e. The standard InChI is InChI=1S/C11H12O/c1-2-4-5-3(1)7-6(2)10-8(4)9(5)11(7)12-10/h2-11H,1H2/t2-,3-,4-,5-,6-,7+,8+,9+,10+,11-/m1/s1. The van der Waals surface area contributed by atoms with Gasteiger partial charge in [0.1, 0.15) is 0 Å². The van der Waals surface area contributed by atoms with Crippen molar-refractivity contribution in [1.82, 2.24) is 0 Å². The summed E-state index contributed by atoms with van der Waals surface area (Å²) in [6.07, 6.45) is 3.18. The van der Waals surface area contributed by atoms with Crippen LogP contribution >= 0.6 is 0 Å². The van der Waals surface area contributed by atoms with Crippen molar-refractivity contribution in [2.24, 2.45) is 47.3 Å². The first-order valence-corrected chi connectivity index (χ1v) is 5.62. The molecule has 2 aliphatic heterocycles. The van der Waals surface area contributed by atoms with Gasteiger partial charge in [-0.3, -0.25) is 0 Å². The first-order chi connectivity index (χ1) is 5.97. The van der Waals surface area contributed by atoms with E-state index in [1.807, 2.05) is 0 Å². The zero-order valence-electron chi connectivity index (χ0n) is 6.89. The van der Waals surface area contributed by atoms with Crippen LogP contribution in [0.2, 0.25) is 0 Å². The van der Waals surface area contributed by atoms with Crippen LogP contribution in [0.3, 0.4) is 0 Å². The van der Waals surface area contributed by atoms with Gasteiger partial charge < -0.3 is 4.74 Å². The molecule has 0 spiro atoms. The molecule has 0 aromatic heterocycles. The highest BCUT2D eigenvalue weighted by Gasteiger charge is 2.87. The number of hydrogen-bond acceptors (Lipinski definition) is 1. The van der Waals surface area contributed by atoms with Gasteiger partial charge in [0.15, 0.2) is 0 Å². The molecule has 0 radical (unpaired) electrons. The second kappa shape index (κ2) is 1.06. The van der Waals surface area contributed by atoms with E-state index < -0.39 is 0 Å². The summed E-state index contributed by atoms with van der Waals surface area (Å²) in [5.41, 5.74) is 0. The molecule has 7 aliphatic rings. The van der Waals surface area contributed by atoms with E-state index in [-0.39, 0.29) is 0 Å². The van der Waals surface area contributed by atoms with Crippen LogP contribution < -0.4 is 0 Å². The second-order valence-corrected chi connectivity index (χ2v) is 6.09. The Labute approximate surface area is 71.5 Å². The summed E-state index contributed by atoms with van der Waals surface area (Å²) >= 11 is 0. The number of rotatable bonds is 0. The second-order valence-electron chi connectivity index (χ2n) is 6.09. The van der Waals surface area contributed by atoms with E-state index >= 15 is 0 Å². The van der Waals surface area contributed by atoms with Crippen LogP contribution in [-0.4, -0.2) is 12.2 Å². The topological polar surface area (TPSA) is 9.23 Å². The van der Waals surface area contributed by atoms with Crippen LogP contribution in [0, 0.1) is 47.3 Å². The summed E-state index contributed by atoms with van der Waals surface area (Å²) in [6.45, 7) is 0. The van der Waals surface area contributed by atoms with Gasteiger partial charge in [-0.15, -0.1) is 0 Å². The van der Waals surface area contributed by atoms with Crippen LogP contribution in [0.25, 0.3) is 0 Å². The van der Waals surface area contributed by atoms with Crippen LogP contribution in [0.15, 0.2) is 0 Å². The van der Waals surface area contributed by atoms with Gasteiger partial charge >= 0.3 is 0 Å². The molecule has 0 amide bonds. The highest BCUT2D eigenvalue weighted by atomic mass is 16.5. The lowest BCUT2D eigenvalue weighted by molar-refractivity contribution is 0.0368. The molecule has 0 aromatic rings. The minimum absolute atomic E-state index is 0.781. The summed E-state index contributed by atoms with van der Waals surface area (Å²) < 4.78 is 6.17. The van der Waals surface area contributed by atoms with Crippen molar-refractivity contribution in [2.75, 3.05) is 0 Å². The van der Waals surface area contributed by atoms with Crippen molar-refractivity contribution in [3.05, 3.63) is 0 Å². The molecule has 4 bridgehead atoms. The summed E-state index contributed by atoms with van der Waals surface area (Å²) in [4.78, 5) is 0. The van der Waals surface area contributed by atoms with Gasteiger partial charge in [-0.05, 0) is 53.8 Å². The van der Waals surface area contributed by atoms with Crippen molar-refractivity contribution in [2.45, 2.75) is 18.6 Å². The first kappa shape index (κ1) is 4.99. The van der Waals surface area contributed by atoms with Crippen molar-refractivity contribution >= 4 is 0 Å². The minimum Gasteiger partial charge on any atom is -0.374 e. The zero-order chi connectivity index (χ0) is 7.19. The lowest BCUT2D eigenvalue weighted by Crippen LogP contribution is -2.43. The van der Waals surface area contributed by atoms with Gasteiger partial charge in [0.25, 0.3) is 0 Å². The van der Waals surface area contributed by atoms with Crippen LogP contribution in [0.4, 0.5) is 0 Å². The lowest BCUT2D eigenvalue weighted by atomic mass is 9.60. The molecule has 2 heterocycles. The molecule has 0 unspecified atom stereocenters. The van der Waals surface area contributed by atoms with Crippen molar-refractivity contribution in [3.63, 3.8) is 0 Å². The molecule has 5 saturated carbocycles. The van der Waals surface area contributed by atoms with Crippen LogP contribution in [-0.2, 0) is 4.74 Å². The summed E-state index contributed by atoms with van der Waals surface area (Å²) in [7, 11) is 0. The Morgan fingerprint density at radius 3 is 1.83 bits per heavy atom. The third-order valence-electron chi connectivity index (χ3n) is 6.58. The fourth-order valence-electron chi connectivity index (χ4n) is 6.91. The molecule has 10 atom stereocenters. The molecular formula is C11H12O. The molecule has 2 saturated heterocycles. The van der Waals surface area contributed by atoms with Gasteiger partial charge in [-0.25, -0.2) is 0 Å². The summed E-state index contributed by atoms with van der Waals surface area (Å²) in [6, 6.07) is 0. The van der Waals surface area contributed by atoms with Gasteiger partial charge in [0.05, 0.1) is 12.2 Å². The summed E-state index contributed by atoms with van der Waals surface area (Å²) in [5, 5.41) is 0. The van der Waals surface area contributed by atoms with E-state index in [0.717, 1.165) is 47.7 Å². The van der Waals surface area contributed by atoms with Gasteiger partial charge in [0.2, 0.25) is 0 Å². The SMILES string of the molecule is C1[C@@H]2[C@@H]3[C@H]4[C@@H]1[C@H]1[C@@H]5O[C@@H]([C@@H]3[C@@H]54)[C@@H]21. The Balaban J connectivity index is 1.86. The normalized spacial score (nSPS) is 94.0. The molecule has 1 nitrogen and oxygen atoms in total. The van der Waals surface area contributed by atoms with Gasteiger partial charge in [-0.1, -0.05) is 0 Å². The fraction of sp³-hybridized carbons (Fsp3) is 1.00. The Morgan fingerprint density at radius 1 is 0.667 bits per heavy atom. The van der Waals surface area contributed by atoms with E-state index in [1.165, 1.54) is 11.8 Å². The molecule has 5 aliphatic carbocycles.